The summed E-state index contributed by atoms with van der Waals surface area (Å²) < 4.78 is 32.1. The maximum absolute atomic E-state index is 13.7. The summed E-state index contributed by atoms with van der Waals surface area (Å²) in [6.45, 7) is 0. The summed E-state index contributed by atoms with van der Waals surface area (Å²) in [7, 11) is 1.43. The minimum absolute atomic E-state index is 0.0279. The molecule has 0 radical (unpaired) electrons. The van der Waals surface area contributed by atoms with Crippen LogP contribution in [0.3, 0.4) is 0 Å². The fourth-order valence-corrected chi connectivity index (χ4v) is 1.59. The number of nitrogens with zero attached hydrogens (tertiary/aromatic N) is 1. The van der Waals surface area contributed by atoms with Crippen LogP contribution in [0.5, 0.6) is 5.75 Å². The molecule has 0 amide bonds. The molecule has 1 heterocycles. The first-order valence-electron chi connectivity index (χ1n) is 4.77. The molecule has 0 aliphatic rings. The highest BCUT2D eigenvalue weighted by Crippen LogP contribution is 2.28. The molecule has 0 aliphatic heterocycles. The molecule has 0 spiro atoms. The van der Waals surface area contributed by atoms with Crippen LogP contribution in [-0.2, 0) is 0 Å². The second kappa shape index (κ2) is 4.67. The van der Waals surface area contributed by atoms with Gasteiger partial charge in [0.25, 0.3) is 0 Å². The highest BCUT2D eigenvalue weighted by molar-refractivity contribution is 6.29. The largest absolute Gasteiger partial charge is 0.497 e. The molecule has 1 aromatic heterocycles. The summed E-state index contributed by atoms with van der Waals surface area (Å²) in [5, 5.41) is 0.0279. The topological polar surface area (TPSA) is 22.1 Å². The van der Waals surface area contributed by atoms with Crippen molar-refractivity contribution < 1.29 is 13.5 Å². The van der Waals surface area contributed by atoms with Gasteiger partial charge in [-0.2, -0.15) is 0 Å². The lowest BCUT2D eigenvalue weighted by molar-refractivity contribution is 0.411. The van der Waals surface area contributed by atoms with E-state index in [9.17, 15) is 8.78 Å². The Hall–Kier alpha value is -1.68. The standard InChI is InChI=1S/C12H8ClF2NO/c1-17-7-2-3-8(10(14)4-7)9-6-16-12(13)5-11(9)15/h2-6H,1H3. The molecule has 0 unspecified atom stereocenters. The van der Waals surface area contributed by atoms with Gasteiger partial charge in [0.15, 0.2) is 0 Å². The average Bonchev–Trinajstić information content (AvgIpc) is 2.30. The van der Waals surface area contributed by atoms with E-state index in [2.05, 4.69) is 4.98 Å². The Morgan fingerprint density at radius 1 is 1.12 bits per heavy atom. The molecule has 5 heteroatoms. The van der Waals surface area contributed by atoms with Gasteiger partial charge in [-0.3, -0.25) is 0 Å². The van der Waals surface area contributed by atoms with Crippen LogP contribution in [0.2, 0.25) is 5.15 Å². The van der Waals surface area contributed by atoms with E-state index in [-0.39, 0.29) is 16.3 Å². The van der Waals surface area contributed by atoms with Crippen LogP contribution in [0.15, 0.2) is 30.5 Å². The SMILES string of the molecule is COc1ccc(-c2cnc(Cl)cc2F)c(F)c1. The van der Waals surface area contributed by atoms with Crippen LogP contribution < -0.4 is 4.74 Å². The van der Waals surface area contributed by atoms with Crippen molar-refractivity contribution in [2.24, 2.45) is 0 Å². The van der Waals surface area contributed by atoms with Crippen molar-refractivity contribution in [1.29, 1.82) is 0 Å². The predicted octanol–water partition coefficient (Wildman–Crippen LogP) is 3.69. The Balaban J connectivity index is 2.53. The van der Waals surface area contributed by atoms with Gasteiger partial charge in [-0.25, -0.2) is 13.8 Å². The maximum atomic E-state index is 13.7. The van der Waals surface area contributed by atoms with E-state index in [0.717, 1.165) is 6.07 Å². The van der Waals surface area contributed by atoms with Crippen molar-refractivity contribution in [1.82, 2.24) is 4.98 Å². The lowest BCUT2D eigenvalue weighted by atomic mass is 10.1. The number of hydrogen-bond acceptors (Lipinski definition) is 2. The number of halogens is 3. The quantitative estimate of drug-likeness (QED) is 0.764. The zero-order valence-electron chi connectivity index (χ0n) is 8.88. The molecule has 0 bridgehead atoms. The van der Waals surface area contributed by atoms with Gasteiger partial charge in [0.1, 0.15) is 22.5 Å². The maximum Gasteiger partial charge on any atom is 0.135 e. The molecular weight excluding hydrogens is 248 g/mol. The lowest BCUT2D eigenvalue weighted by Crippen LogP contribution is -1.92. The van der Waals surface area contributed by atoms with Crippen LogP contribution >= 0.6 is 11.6 Å². The highest BCUT2D eigenvalue weighted by atomic mass is 35.5. The Morgan fingerprint density at radius 2 is 1.82 bits per heavy atom. The van der Waals surface area contributed by atoms with Gasteiger partial charge in [-0.1, -0.05) is 11.6 Å². The molecule has 2 rings (SSSR count). The summed E-state index contributed by atoms with van der Waals surface area (Å²) in [4.78, 5) is 3.73. The van der Waals surface area contributed by atoms with Gasteiger partial charge < -0.3 is 4.74 Å². The van der Waals surface area contributed by atoms with E-state index in [0.29, 0.717) is 5.75 Å². The number of hydrogen-bond donors (Lipinski definition) is 0. The smallest absolute Gasteiger partial charge is 0.135 e. The third-order valence-electron chi connectivity index (χ3n) is 2.29. The van der Waals surface area contributed by atoms with E-state index >= 15 is 0 Å². The highest BCUT2D eigenvalue weighted by Gasteiger charge is 2.12. The van der Waals surface area contributed by atoms with Gasteiger partial charge in [0.05, 0.1) is 7.11 Å². The average molecular weight is 256 g/mol. The van der Waals surface area contributed by atoms with Gasteiger partial charge in [0.2, 0.25) is 0 Å². The first kappa shape index (κ1) is 11.8. The number of aromatic nitrogens is 1. The Bertz CT molecular complexity index is 560. The molecular formula is C12H8ClF2NO. The van der Waals surface area contributed by atoms with Crippen molar-refractivity contribution in [3.05, 3.63) is 47.2 Å². The first-order chi connectivity index (χ1) is 8.11. The fraction of sp³-hybridized carbons (Fsp3) is 0.0833. The molecule has 0 aliphatic carbocycles. The molecule has 0 saturated heterocycles. The van der Waals surface area contributed by atoms with Gasteiger partial charge in [0, 0.05) is 29.5 Å². The number of rotatable bonds is 2. The third-order valence-corrected chi connectivity index (χ3v) is 2.49. The summed E-state index contributed by atoms with van der Waals surface area (Å²) in [5.74, 6) is -0.824. The molecule has 0 atom stereocenters. The second-order valence-electron chi connectivity index (χ2n) is 3.33. The number of pyridine rings is 1. The van der Waals surface area contributed by atoms with Crippen molar-refractivity contribution in [2.75, 3.05) is 7.11 Å². The minimum Gasteiger partial charge on any atom is -0.497 e. The Labute approximate surface area is 102 Å². The van der Waals surface area contributed by atoms with Crippen molar-refractivity contribution in [3.63, 3.8) is 0 Å². The Kier molecular flexibility index (Phi) is 3.24. The minimum atomic E-state index is -0.617. The molecule has 0 fully saturated rings. The summed E-state index contributed by atoms with van der Waals surface area (Å²) in [5.41, 5.74) is 0.182. The predicted molar refractivity (Wildman–Crippen MR) is 61.2 cm³/mol. The second-order valence-corrected chi connectivity index (χ2v) is 3.72. The number of methoxy groups -OCH3 is 1. The molecule has 88 valence electrons. The molecule has 0 saturated carbocycles. The van der Waals surface area contributed by atoms with E-state index in [1.165, 1.54) is 25.4 Å². The van der Waals surface area contributed by atoms with Crippen LogP contribution in [0, 0.1) is 11.6 Å². The number of ether oxygens (including phenoxy) is 1. The zero-order valence-corrected chi connectivity index (χ0v) is 9.63. The van der Waals surface area contributed by atoms with E-state index in [1.54, 1.807) is 6.07 Å². The van der Waals surface area contributed by atoms with Gasteiger partial charge >= 0.3 is 0 Å². The van der Waals surface area contributed by atoms with Crippen LogP contribution in [0.4, 0.5) is 8.78 Å². The van der Waals surface area contributed by atoms with Gasteiger partial charge in [-0.05, 0) is 12.1 Å². The monoisotopic (exact) mass is 255 g/mol. The number of benzene rings is 1. The van der Waals surface area contributed by atoms with Crippen molar-refractivity contribution in [2.45, 2.75) is 0 Å². The van der Waals surface area contributed by atoms with E-state index in [4.69, 9.17) is 16.3 Å². The zero-order chi connectivity index (χ0) is 12.4. The molecule has 1 aromatic carbocycles. The summed E-state index contributed by atoms with van der Waals surface area (Å²) in [6, 6.07) is 5.21. The van der Waals surface area contributed by atoms with E-state index in [1.807, 2.05) is 0 Å². The lowest BCUT2D eigenvalue weighted by Gasteiger charge is -2.06. The van der Waals surface area contributed by atoms with Crippen LogP contribution in [0.1, 0.15) is 0 Å². The molecule has 17 heavy (non-hydrogen) atoms. The van der Waals surface area contributed by atoms with Crippen molar-refractivity contribution in [3.8, 4) is 16.9 Å². The molecule has 2 nitrogen and oxygen atoms in total. The van der Waals surface area contributed by atoms with Crippen LogP contribution in [-0.4, -0.2) is 12.1 Å². The fourth-order valence-electron chi connectivity index (χ4n) is 1.45. The Morgan fingerprint density at radius 3 is 2.41 bits per heavy atom. The first-order valence-corrected chi connectivity index (χ1v) is 5.14. The molecule has 0 N–H and O–H groups in total. The summed E-state index contributed by atoms with van der Waals surface area (Å²) >= 11 is 5.53. The molecule has 2 aromatic rings. The third kappa shape index (κ3) is 2.36. The van der Waals surface area contributed by atoms with Gasteiger partial charge in [-0.15, -0.1) is 0 Å². The summed E-state index contributed by atoms with van der Waals surface area (Å²) in [6.07, 6.45) is 1.20. The normalized spacial score (nSPS) is 10.4. The van der Waals surface area contributed by atoms with Crippen LogP contribution in [0.25, 0.3) is 11.1 Å². The van der Waals surface area contributed by atoms with Crippen molar-refractivity contribution >= 4 is 11.6 Å². The van der Waals surface area contributed by atoms with E-state index < -0.39 is 11.6 Å².